The van der Waals surface area contributed by atoms with Gasteiger partial charge in [-0.1, -0.05) is 0 Å². The minimum atomic E-state index is -5.19. The second-order valence-electron chi connectivity index (χ2n) is 1.71. The van der Waals surface area contributed by atoms with Gasteiger partial charge in [0, 0.05) is 0 Å². The van der Waals surface area contributed by atoms with Crippen molar-refractivity contribution in [2.75, 3.05) is 0 Å². The predicted octanol–water partition coefficient (Wildman–Crippen LogP) is 1.30. The third kappa shape index (κ3) is 6.56. The van der Waals surface area contributed by atoms with Gasteiger partial charge in [0.25, 0.3) is 0 Å². The van der Waals surface area contributed by atoms with Crippen LogP contribution in [0.4, 0.5) is 26.3 Å². The van der Waals surface area contributed by atoms with Crippen molar-refractivity contribution in [3.8, 4) is 0 Å². The summed E-state index contributed by atoms with van der Waals surface area (Å²) in [5.74, 6) is 0. The zero-order valence-electron chi connectivity index (χ0n) is 6.42. The maximum atomic E-state index is 11.5. The van der Waals surface area contributed by atoms with Crippen molar-refractivity contribution in [3.05, 3.63) is 0 Å². The Morgan fingerprint density at radius 2 is 1.07 bits per heavy atom. The van der Waals surface area contributed by atoms with Crippen LogP contribution < -0.4 is 0 Å². The van der Waals surface area contributed by atoms with E-state index in [2.05, 4.69) is 6.02 Å². The van der Waals surface area contributed by atoms with E-state index < -0.39 is 51.0 Å². The Morgan fingerprint density at radius 1 is 0.800 bits per heavy atom. The van der Waals surface area contributed by atoms with Crippen LogP contribution in [0.3, 0.4) is 0 Å². The van der Waals surface area contributed by atoms with E-state index in [1.807, 2.05) is 0 Å². The van der Waals surface area contributed by atoms with Gasteiger partial charge in [-0.3, -0.25) is 0 Å². The van der Waals surface area contributed by atoms with Gasteiger partial charge < -0.3 is 0 Å². The quantitative estimate of drug-likeness (QED) is 0.575. The molecule has 0 saturated carbocycles. The third-order valence-electron chi connectivity index (χ3n) is 0.688. The average Bonchev–Trinajstić information content (AvgIpc) is 2.00. The van der Waals surface area contributed by atoms with Crippen LogP contribution >= 0.6 is 0 Å². The van der Waals surface area contributed by atoms with Crippen LogP contribution in [-0.4, -0.2) is 19.4 Å². The molecule has 15 heavy (non-hydrogen) atoms. The number of rotatable bonds is 4. The molecule has 0 aromatic rings. The molecule has 0 heterocycles. The molecule has 0 aliphatic heterocycles. The molecule has 0 aliphatic carbocycles. The van der Waals surface area contributed by atoms with Crippen molar-refractivity contribution in [1.29, 1.82) is 0 Å². The molecular formula is C2F6O4S2Zn. The van der Waals surface area contributed by atoms with E-state index >= 15 is 0 Å². The van der Waals surface area contributed by atoms with E-state index in [0.29, 0.717) is 0 Å². The van der Waals surface area contributed by atoms with Crippen LogP contribution in [0.15, 0.2) is 0 Å². The summed E-state index contributed by atoms with van der Waals surface area (Å²) in [5.41, 5.74) is -10.4. The number of hydrogen-bond donors (Lipinski definition) is 0. The van der Waals surface area contributed by atoms with E-state index in [1.165, 1.54) is 0 Å². The van der Waals surface area contributed by atoms with Gasteiger partial charge in [-0.15, -0.1) is 0 Å². The predicted molar refractivity (Wildman–Crippen MR) is 30.6 cm³/mol. The third-order valence-corrected chi connectivity index (χ3v) is 5.97. The summed E-state index contributed by atoms with van der Waals surface area (Å²) in [6.07, 6.45) is 0. The molecule has 0 rings (SSSR count). The molecule has 0 aliphatic rings. The molecule has 0 N–H and O–H groups in total. The molecule has 2 unspecified atom stereocenters. The molecule has 0 amide bonds. The molecule has 0 aromatic carbocycles. The van der Waals surface area contributed by atoms with E-state index in [1.54, 1.807) is 0 Å². The summed E-state index contributed by atoms with van der Waals surface area (Å²) in [4.78, 5) is 0. The van der Waals surface area contributed by atoms with Crippen molar-refractivity contribution in [1.82, 2.24) is 0 Å². The van der Waals surface area contributed by atoms with Crippen LogP contribution in [-0.2, 0) is 46.0 Å². The second-order valence-corrected chi connectivity index (χ2v) is 7.51. The van der Waals surface area contributed by atoms with Crippen LogP contribution in [0.5, 0.6) is 0 Å². The molecule has 88 valence electrons. The zero-order chi connectivity index (χ0) is 12.3. The maximum absolute atomic E-state index is 11.5. The van der Waals surface area contributed by atoms with Crippen molar-refractivity contribution in [2.24, 2.45) is 0 Å². The van der Waals surface area contributed by atoms with Gasteiger partial charge in [-0.2, -0.15) is 0 Å². The standard InChI is InChI=1S/2CHF3O2S.Zn/c2*2-1(3,4)7(5)6;/h2*(H,5,6);/q;;+2/p-2. The molecule has 0 radical (unpaired) electrons. The Balaban J connectivity index is 3.92. The van der Waals surface area contributed by atoms with Gasteiger partial charge in [-0.05, 0) is 0 Å². The van der Waals surface area contributed by atoms with Crippen LogP contribution in [0.2, 0.25) is 0 Å². The van der Waals surface area contributed by atoms with Gasteiger partial charge in [0.15, 0.2) is 0 Å². The molecule has 0 fully saturated rings. The molecule has 13 heteroatoms. The molecule has 0 bridgehead atoms. The van der Waals surface area contributed by atoms with Crippen LogP contribution in [0.1, 0.15) is 0 Å². The van der Waals surface area contributed by atoms with Crippen molar-refractivity contribution in [2.45, 2.75) is 11.0 Å². The first-order valence-electron chi connectivity index (χ1n) is 2.79. The molecule has 0 aromatic heterocycles. The first-order valence-corrected chi connectivity index (χ1v) is 7.36. The Labute approximate surface area is 92.0 Å². The molecule has 4 nitrogen and oxygen atoms in total. The van der Waals surface area contributed by atoms with E-state index in [-0.39, 0.29) is 0 Å². The molecule has 0 saturated heterocycles. The monoisotopic (exact) mass is 330 g/mol. The SMILES string of the molecule is O=S([O][Zn][O]S(=O)C(F)(F)F)C(F)(F)F. The fourth-order valence-corrected chi connectivity index (χ4v) is 4.36. The van der Waals surface area contributed by atoms with Gasteiger partial charge in [0.2, 0.25) is 0 Å². The topological polar surface area (TPSA) is 52.6 Å². The summed E-state index contributed by atoms with van der Waals surface area (Å²) < 4.78 is 95.8. The summed E-state index contributed by atoms with van der Waals surface area (Å²) in [7, 11) is 0. The van der Waals surface area contributed by atoms with Gasteiger partial charge >= 0.3 is 91.8 Å². The van der Waals surface area contributed by atoms with Gasteiger partial charge in [0.05, 0.1) is 0 Å². The first kappa shape index (κ1) is 15.4. The Kier molecular flexibility index (Phi) is 5.82. The summed E-state index contributed by atoms with van der Waals surface area (Å²) in [5, 5.41) is 0. The van der Waals surface area contributed by atoms with E-state index in [9.17, 15) is 34.8 Å². The van der Waals surface area contributed by atoms with Gasteiger partial charge in [-0.25, -0.2) is 0 Å². The summed E-state index contributed by atoms with van der Waals surface area (Å²) in [6.45, 7) is 0. The van der Waals surface area contributed by atoms with Crippen molar-refractivity contribution in [3.63, 3.8) is 0 Å². The summed E-state index contributed by atoms with van der Waals surface area (Å²) >= 11 is -10.8. The first-order chi connectivity index (χ1) is 6.55. The fourth-order valence-electron chi connectivity index (χ4n) is 0.241. The van der Waals surface area contributed by atoms with Crippen LogP contribution in [0.25, 0.3) is 0 Å². The van der Waals surface area contributed by atoms with E-state index in [0.717, 1.165) is 0 Å². The van der Waals surface area contributed by atoms with E-state index in [4.69, 9.17) is 0 Å². The fraction of sp³-hybridized carbons (Fsp3) is 1.00. The number of halogens is 6. The summed E-state index contributed by atoms with van der Waals surface area (Å²) in [6, 6.07) is 0. The average molecular weight is 332 g/mol. The number of hydrogen-bond acceptors (Lipinski definition) is 4. The minimum absolute atomic E-state index is 3.31. The van der Waals surface area contributed by atoms with Crippen LogP contribution in [0, 0.1) is 0 Å². The molecule has 0 spiro atoms. The van der Waals surface area contributed by atoms with Gasteiger partial charge in [0.1, 0.15) is 0 Å². The Hall–Kier alpha value is 0.423. The van der Waals surface area contributed by atoms with Crippen molar-refractivity contribution >= 4 is 22.2 Å². The zero-order valence-corrected chi connectivity index (χ0v) is 11.0. The molecule has 2 atom stereocenters. The Bertz CT molecular complexity index is 235. The van der Waals surface area contributed by atoms with Crippen molar-refractivity contribution < 1.29 is 58.6 Å². The Morgan fingerprint density at radius 3 is 1.27 bits per heavy atom. The normalized spacial score (nSPS) is 16.9. The number of alkyl halides is 6. The second kappa shape index (κ2) is 5.66. The molecular weight excluding hydrogens is 332 g/mol.